The SMILES string of the molecule is CCOc1ccc(N(CC(=O)N(Cc2ccc(F)cc2)C(Cc2ccccc2)C(=O)NC2CCCC2)S(=O)(=O)c2ccc(Cl)cc2)cc1. The van der Waals surface area contributed by atoms with Gasteiger partial charge in [0.2, 0.25) is 11.8 Å². The number of sulfonamides is 1. The van der Waals surface area contributed by atoms with Gasteiger partial charge in [-0.05, 0) is 91.6 Å². The fraction of sp³-hybridized carbons (Fsp3) is 0.297. The second-order valence-corrected chi connectivity index (χ2v) is 14.0. The van der Waals surface area contributed by atoms with Crippen molar-refractivity contribution in [2.45, 2.75) is 62.6 Å². The van der Waals surface area contributed by atoms with Crippen molar-refractivity contribution in [2.75, 3.05) is 17.5 Å². The zero-order chi connectivity index (χ0) is 34.1. The molecule has 1 unspecified atom stereocenters. The van der Waals surface area contributed by atoms with Crippen LogP contribution in [0.3, 0.4) is 0 Å². The Labute approximate surface area is 286 Å². The van der Waals surface area contributed by atoms with Crippen LogP contribution in [0.15, 0.2) is 108 Å². The van der Waals surface area contributed by atoms with Gasteiger partial charge < -0.3 is 15.0 Å². The van der Waals surface area contributed by atoms with E-state index >= 15 is 0 Å². The van der Waals surface area contributed by atoms with Crippen LogP contribution in [0.1, 0.15) is 43.7 Å². The summed E-state index contributed by atoms with van der Waals surface area (Å²) < 4.78 is 48.9. The summed E-state index contributed by atoms with van der Waals surface area (Å²) in [6.45, 7) is 1.61. The third-order valence-corrected chi connectivity index (χ3v) is 10.4. The maximum absolute atomic E-state index is 14.6. The normalized spacial score (nSPS) is 13.9. The number of anilines is 1. The van der Waals surface area contributed by atoms with E-state index in [0.717, 1.165) is 35.6 Å². The first kappa shape index (κ1) is 34.9. The lowest BCUT2D eigenvalue weighted by atomic mass is 10.0. The van der Waals surface area contributed by atoms with Crippen LogP contribution in [0.4, 0.5) is 10.1 Å². The number of amides is 2. The van der Waals surface area contributed by atoms with Gasteiger partial charge >= 0.3 is 0 Å². The number of carbonyl (C=O) groups excluding carboxylic acids is 2. The average molecular weight is 692 g/mol. The van der Waals surface area contributed by atoms with Crippen molar-refractivity contribution in [3.05, 3.63) is 125 Å². The number of carbonyl (C=O) groups is 2. The van der Waals surface area contributed by atoms with E-state index in [0.29, 0.717) is 22.9 Å². The first-order valence-electron chi connectivity index (χ1n) is 16.0. The number of hydrogen-bond acceptors (Lipinski definition) is 5. The van der Waals surface area contributed by atoms with Gasteiger partial charge in [0, 0.05) is 24.0 Å². The third-order valence-electron chi connectivity index (χ3n) is 8.36. The predicted octanol–water partition coefficient (Wildman–Crippen LogP) is 6.77. The van der Waals surface area contributed by atoms with E-state index in [-0.39, 0.29) is 35.5 Å². The van der Waals surface area contributed by atoms with E-state index in [2.05, 4.69) is 5.32 Å². The molecule has 1 aliphatic rings. The summed E-state index contributed by atoms with van der Waals surface area (Å²) >= 11 is 6.07. The number of nitrogens with zero attached hydrogens (tertiary/aromatic N) is 2. The van der Waals surface area contributed by atoms with Crippen LogP contribution in [0.5, 0.6) is 5.75 Å². The third kappa shape index (κ3) is 8.93. The number of benzene rings is 4. The Morgan fingerprint density at radius 1 is 0.896 bits per heavy atom. The Morgan fingerprint density at radius 3 is 2.17 bits per heavy atom. The molecule has 0 radical (unpaired) electrons. The molecule has 4 aromatic rings. The molecule has 8 nitrogen and oxygen atoms in total. The Hall–Kier alpha value is -4.41. The maximum Gasteiger partial charge on any atom is 0.264 e. The van der Waals surface area contributed by atoms with E-state index in [1.54, 1.807) is 36.4 Å². The molecule has 11 heteroatoms. The summed E-state index contributed by atoms with van der Waals surface area (Å²) in [5.41, 5.74) is 1.65. The Kier molecular flexibility index (Phi) is 11.7. The van der Waals surface area contributed by atoms with Crippen molar-refractivity contribution in [1.82, 2.24) is 10.2 Å². The fourth-order valence-electron chi connectivity index (χ4n) is 5.85. The van der Waals surface area contributed by atoms with Gasteiger partial charge in [-0.2, -0.15) is 0 Å². The minimum absolute atomic E-state index is 0.0100. The topological polar surface area (TPSA) is 96.0 Å². The fourth-order valence-corrected chi connectivity index (χ4v) is 7.39. The van der Waals surface area contributed by atoms with Crippen LogP contribution in [0.2, 0.25) is 5.02 Å². The van der Waals surface area contributed by atoms with Gasteiger partial charge in [-0.15, -0.1) is 0 Å². The lowest BCUT2D eigenvalue weighted by Crippen LogP contribution is -2.54. The van der Waals surface area contributed by atoms with Crippen LogP contribution in [-0.2, 0) is 32.6 Å². The van der Waals surface area contributed by atoms with Crippen LogP contribution in [-0.4, -0.2) is 50.4 Å². The van der Waals surface area contributed by atoms with Crippen molar-refractivity contribution in [2.24, 2.45) is 0 Å². The minimum Gasteiger partial charge on any atom is -0.494 e. The second-order valence-electron chi connectivity index (χ2n) is 11.7. The van der Waals surface area contributed by atoms with Crippen molar-refractivity contribution in [1.29, 1.82) is 0 Å². The molecule has 0 spiro atoms. The van der Waals surface area contributed by atoms with Gasteiger partial charge in [0.25, 0.3) is 10.0 Å². The van der Waals surface area contributed by atoms with Crippen LogP contribution in [0.25, 0.3) is 0 Å². The lowest BCUT2D eigenvalue weighted by molar-refractivity contribution is -0.140. The molecule has 5 rings (SSSR count). The van der Waals surface area contributed by atoms with E-state index in [9.17, 15) is 22.4 Å². The summed E-state index contributed by atoms with van der Waals surface area (Å²) in [6, 6.07) is 26.2. The summed E-state index contributed by atoms with van der Waals surface area (Å²) in [5, 5.41) is 3.50. The zero-order valence-corrected chi connectivity index (χ0v) is 28.3. The van der Waals surface area contributed by atoms with E-state index in [1.807, 2.05) is 37.3 Å². The molecule has 0 bridgehead atoms. The standard InChI is InChI=1S/C37H39ClFN3O5S/c1-2-47-33-20-18-32(19-21-33)42(48(45,46)34-22-14-29(38)15-23-34)26-36(43)41(25-28-12-16-30(39)17-13-28)35(24-27-8-4-3-5-9-27)37(44)40-31-10-6-7-11-31/h3-5,8-9,12-23,31,35H,2,6-7,10-11,24-26H2,1H3,(H,40,44). The highest BCUT2D eigenvalue weighted by atomic mass is 35.5. The van der Waals surface area contributed by atoms with E-state index in [4.69, 9.17) is 16.3 Å². The Bertz CT molecular complexity index is 1770. The number of hydrogen-bond donors (Lipinski definition) is 1. The van der Waals surface area contributed by atoms with Gasteiger partial charge in [0.1, 0.15) is 24.2 Å². The molecular formula is C37H39ClFN3O5S. The number of ether oxygens (including phenoxy) is 1. The van der Waals surface area contributed by atoms with Crippen LogP contribution >= 0.6 is 11.6 Å². The minimum atomic E-state index is -4.29. The quantitative estimate of drug-likeness (QED) is 0.158. The van der Waals surface area contributed by atoms with E-state index < -0.39 is 34.3 Å². The molecular weight excluding hydrogens is 653 g/mol. The molecule has 0 saturated heterocycles. The van der Waals surface area contributed by atoms with Crippen LogP contribution < -0.4 is 14.4 Å². The molecule has 1 atom stereocenters. The molecule has 0 heterocycles. The van der Waals surface area contributed by atoms with Gasteiger partial charge in [0.05, 0.1) is 17.2 Å². The smallest absolute Gasteiger partial charge is 0.264 e. The molecule has 1 saturated carbocycles. The molecule has 1 aliphatic carbocycles. The average Bonchev–Trinajstić information content (AvgIpc) is 3.60. The highest BCUT2D eigenvalue weighted by Gasteiger charge is 2.35. The molecule has 252 valence electrons. The first-order valence-corrected chi connectivity index (χ1v) is 17.8. The summed E-state index contributed by atoms with van der Waals surface area (Å²) in [7, 11) is -4.29. The zero-order valence-electron chi connectivity index (χ0n) is 26.7. The largest absolute Gasteiger partial charge is 0.494 e. The molecule has 1 fully saturated rings. The lowest BCUT2D eigenvalue weighted by Gasteiger charge is -2.34. The van der Waals surface area contributed by atoms with Gasteiger partial charge in [-0.1, -0.05) is 66.9 Å². The highest BCUT2D eigenvalue weighted by molar-refractivity contribution is 7.92. The van der Waals surface area contributed by atoms with Crippen molar-refractivity contribution < 1.29 is 27.1 Å². The van der Waals surface area contributed by atoms with E-state index in [1.165, 1.54) is 41.3 Å². The number of halogens is 2. The second kappa shape index (κ2) is 16.1. The molecule has 0 aromatic heterocycles. The Morgan fingerprint density at radius 2 is 1.54 bits per heavy atom. The summed E-state index contributed by atoms with van der Waals surface area (Å²) in [5.74, 6) is -0.823. The Balaban J connectivity index is 1.56. The van der Waals surface area contributed by atoms with Gasteiger partial charge in [-0.25, -0.2) is 12.8 Å². The number of nitrogens with one attached hydrogen (secondary N) is 1. The van der Waals surface area contributed by atoms with Crippen LogP contribution in [0, 0.1) is 5.82 Å². The molecule has 48 heavy (non-hydrogen) atoms. The van der Waals surface area contributed by atoms with Crippen molar-refractivity contribution in [3.8, 4) is 5.75 Å². The summed E-state index contributed by atoms with van der Waals surface area (Å²) in [6.07, 6.45) is 3.90. The monoisotopic (exact) mass is 691 g/mol. The van der Waals surface area contributed by atoms with Crippen molar-refractivity contribution >= 4 is 39.1 Å². The predicted molar refractivity (Wildman–Crippen MR) is 185 cm³/mol. The molecule has 4 aromatic carbocycles. The first-order chi connectivity index (χ1) is 23.1. The molecule has 0 aliphatic heterocycles. The van der Waals surface area contributed by atoms with Gasteiger partial charge in [0.15, 0.2) is 0 Å². The molecule has 1 N–H and O–H groups in total. The van der Waals surface area contributed by atoms with Crippen molar-refractivity contribution in [3.63, 3.8) is 0 Å². The maximum atomic E-state index is 14.6. The highest BCUT2D eigenvalue weighted by Crippen LogP contribution is 2.28. The van der Waals surface area contributed by atoms with Gasteiger partial charge in [-0.3, -0.25) is 13.9 Å². The number of rotatable bonds is 14. The molecule has 2 amide bonds. The summed E-state index contributed by atoms with van der Waals surface area (Å²) in [4.78, 5) is 30.0.